The molecule has 2 rings (SSSR count). The van der Waals surface area contributed by atoms with Crippen LogP contribution in [0.3, 0.4) is 0 Å². The fourth-order valence-corrected chi connectivity index (χ4v) is 3.03. The first-order valence-electron chi connectivity index (χ1n) is 6.63. The monoisotopic (exact) mass is 322 g/mol. The van der Waals surface area contributed by atoms with Crippen molar-refractivity contribution < 1.29 is 21.6 Å². The van der Waals surface area contributed by atoms with Gasteiger partial charge in [-0.05, 0) is 43.6 Å². The molecule has 0 amide bonds. The molecule has 0 spiro atoms. The number of hydrogen-bond acceptors (Lipinski definition) is 3. The van der Waals surface area contributed by atoms with Crippen molar-refractivity contribution >= 4 is 10.0 Å². The summed E-state index contributed by atoms with van der Waals surface area (Å²) in [6, 6.07) is 2.95. The minimum Gasteiger partial charge on any atom is -0.299 e. The van der Waals surface area contributed by atoms with Gasteiger partial charge in [0.2, 0.25) is 10.0 Å². The number of likely N-dealkylation sites (tertiary alicyclic amines) is 1. The highest BCUT2D eigenvalue weighted by atomic mass is 32.2. The number of benzene rings is 1. The minimum atomic E-state index is -4.61. The Morgan fingerprint density at radius 1 is 1.14 bits per heavy atom. The average molecular weight is 322 g/mol. The summed E-state index contributed by atoms with van der Waals surface area (Å²) >= 11 is 0. The Kier molecular flexibility index (Phi) is 4.60. The van der Waals surface area contributed by atoms with Crippen molar-refractivity contribution in [2.45, 2.75) is 36.9 Å². The molecule has 0 unspecified atom stereocenters. The van der Waals surface area contributed by atoms with E-state index in [1.807, 2.05) is 4.90 Å². The number of nitrogens with zero attached hydrogens (tertiary/aromatic N) is 1. The van der Waals surface area contributed by atoms with Crippen LogP contribution in [-0.4, -0.2) is 26.4 Å². The fourth-order valence-electron chi connectivity index (χ4n) is 2.49. The Bertz CT molecular complexity index is 608. The Labute approximate surface area is 121 Å². The lowest BCUT2D eigenvalue weighted by molar-refractivity contribution is -0.138. The average Bonchev–Trinajstić information content (AvgIpc) is 2.38. The van der Waals surface area contributed by atoms with Gasteiger partial charge in [0.15, 0.2) is 0 Å². The summed E-state index contributed by atoms with van der Waals surface area (Å²) in [7, 11) is -4.15. The lowest BCUT2D eigenvalue weighted by Gasteiger charge is -2.27. The molecule has 1 aromatic rings. The van der Waals surface area contributed by atoms with Gasteiger partial charge in [-0.15, -0.1) is 0 Å². The molecular formula is C13H17F3N2O2S. The van der Waals surface area contributed by atoms with Gasteiger partial charge >= 0.3 is 6.18 Å². The van der Waals surface area contributed by atoms with E-state index in [4.69, 9.17) is 5.14 Å². The minimum absolute atomic E-state index is 0.0804. The molecule has 0 aliphatic carbocycles. The smallest absolute Gasteiger partial charge is 0.299 e. The molecule has 0 radical (unpaired) electrons. The summed E-state index contributed by atoms with van der Waals surface area (Å²) in [6.07, 6.45) is -1.58. The molecule has 4 nitrogen and oxygen atoms in total. The molecule has 1 aliphatic rings. The van der Waals surface area contributed by atoms with Gasteiger partial charge in [0.05, 0.1) is 10.5 Å². The van der Waals surface area contributed by atoms with E-state index in [0.29, 0.717) is 6.07 Å². The zero-order valence-electron chi connectivity index (χ0n) is 11.4. The Morgan fingerprint density at radius 2 is 1.76 bits per heavy atom. The second-order valence-corrected chi connectivity index (χ2v) is 6.76. The first-order chi connectivity index (χ1) is 9.68. The van der Waals surface area contributed by atoms with Crippen LogP contribution in [0.15, 0.2) is 23.1 Å². The van der Waals surface area contributed by atoms with E-state index in [9.17, 15) is 21.6 Å². The number of nitrogens with two attached hydrogens (primary N) is 1. The lowest BCUT2D eigenvalue weighted by Crippen LogP contribution is -2.30. The number of sulfonamides is 1. The largest absolute Gasteiger partial charge is 0.416 e. The van der Waals surface area contributed by atoms with Crippen LogP contribution in [0.4, 0.5) is 13.2 Å². The van der Waals surface area contributed by atoms with Crippen molar-refractivity contribution in [1.29, 1.82) is 0 Å². The van der Waals surface area contributed by atoms with Crippen molar-refractivity contribution in [3.8, 4) is 0 Å². The lowest BCUT2D eigenvalue weighted by atomic mass is 10.0. The van der Waals surface area contributed by atoms with Crippen molar-refractivity contribution in [1.82, 2.24) is 4.90 Å². The van der Waals surface area contributed by atoms with E-state index in [1.54, 1.807) is 0 Å². The predicted molar refractivity (Wildman–Crippen MR) is 71.9 cm³/mol. The maximum absolute atomic E-state index is 13.1. The Morgan fingerprint density at radius 3 is 2.29 bits per heavy atom. The summed E-state index contributed by atoms with van der Waals surface area (Å²) in [5, 5.41) is 4.90. The summed E-state index contributed by atoms with van der Waals surface area (Å²) in [6.45, 7) is 1.68. The standard InChI is InChI=1S/C13H17F3N2O2S/c14-13(15,16)12-8-11(21(17,19)20)5-4-10(12)9-18-6-2-1-3-7-18/h4-5,8H,1-3,6-7,9H2,(H2,17,19,20). The van der Waals surface area contributed by atoms with Gasteiger partial charge in [-0.2, -0.15) is 13.2 Å². The van der Waals surface area contributed by atoms with Crippen LogP contribution in [0.5, 0.6) is 0 Å². The molecular weight excluding hydrogens is 305 g/mol. The highest BCUT2D eigenvalue weighted by Crippen LogP contribution is 2.34. The van der Waals surface area contributed by atoms with E-state index >= 15 is 0 Å². The van der Waals surface area contributed by atoms with Crippen LogP contribution in [-0.2, 0) is 22.7 Å². The van der Waals surface area contributed by atoms with E-state index in [2.05, 4.69) is 0 Å². The highest BCUT2D eigenvalue weighted by molar-refractivity contribution is 7.89. The molecule has 118 valence electrons. The third-order valence-corrected chi connectivity index (χ3v) is 4.47. The van der Waals surface area contributed by atoms with Crippen molar-refractivity contribution in [3.05, 3.63) is 29.3 Å². The maximum Gasteiger partial charge on any atom is 0.416 e. The SMILES string of the molecule is NS(=O)(=O)c1ccc(CN2CCCCC2)c(C(F)(F)F)c1. The number of primary sulfonamides is 1. The van der Waals surface area contributed by atoms with Crippen molar-refractivity contribution in [2.24, 2.45) is 5.14 Å². The van der Waals surface area contributed by atoms with Crippen LogP contribution in [0.1, 0.15) is 30.4 Å². The van der Waals surface area contributed by atoms with E-state index < -0.39 is 26.7 Å². The molecule has 1 saturated heterocycles. The number of hydrogen-bond donors (Lipinski definition) is 1. The van der Waals surface area contributed by atoms with Gasteiger partial charge in [0, 0.05) is 6.54 Å². The maximum atomic E-state index is 13.1. The molecule has 2 N–H and O–H groups in total. The molecule has 0 bridgehead atoms. The summed E-state index contributed by atoms with van der Waals surface area (Å²) in [5.74, 6) is 0. The first kappa shape index (κ1) is 16.3. The third-order valence-electron chi connectivity index (χ3n) is 3.56. The number of rotatable bonds is 3. The summed E-state index contributed by atoms with van der Waals surface area (Å²) in [5.41, 5.74) is -0.851. The van der Waals surface area contributed by atoms with E-state index in [0.717, 1.165) is 38.4 Å². The molecule has 1 fully saturated rings. The Balaban J connectivity index is 2.36. The van der Waals surface area contributed by atoms with Gasteiger partial charge in [-0.3, -0.25) is 4.90 Å². The molecule has 1 aromatic carbocycles. The molecule has 21 heavy (non-hydrogen) atoms. The molecule has 0 atom stereocenters. The quantitative estimate of drug-likeness (QED) is 0.929. The van der Waals surface area contributed by atoms with Crippen LogP contribution in [0.25, 0.3) is 0 Å². The van der Waals surface area contributed by atoms with E-state index in [-0.39, 0.29) is 12.1 Å². The third kappa shape index (κ3) is 4.18. The second-order valence-electron chi connectivity index (χ2n) is 5.20. The highest BCUT2D eigenvalue weighted by Gasteiger charge is 2.34. The number of alkyl halides is 3. The van der Waals surface area contributed by atoms with Gasteiger partial charge in [-0.1, -0.05) is 12.5 Å². The van der Waals surface area contributed by atoms with Crippen LogP contribution in [0.2, 0.25) is 0 Å². The predicted octanol–water partition coefficient (Wildman–Crippen LogP) is 2.34. The second kappa shape index (κ2) is 5.94. The normalized spacial score (nSPS) is 17.9. The molecule has 0 aromatic heterocycles. The summed E-state index contributed by atoms with van der Waals surface area (Å²) < 4.78 is 61.8. The van der Waals surface area contributed by atoms with Gasteiger partial charge < -0.3 is 0 Å². The van der Waals surface area contributed by atoms with Crippen LogP contribution in [0, 0.1) is 0 Å². The van der Waals surface area contributed by atoms with E-state index in [1.165, 1.54) is 6.07 Å². The summed E-state index contributed by atoms with van der Waals surface area (Å²) in [4.78, 5) is 1.43. The Hall–Kier alpha value is -1.12. The van der Waals surface area contributed by atoms with Gasteiger partial charge in [-0.25, -0.2) is 13.6 Å². The number of piperidine rings is 1. The number of halogens is 3. The zero-order valence-corrected chi connectivity index (χ0v) is 12.2. The first-order valence-corrected chi connectivity index (χ1v) is 8.18. The van der Waals surface area contributed by atoms with Gasteiger partial charge in [0.25, 0.3) is 0 Å². The zero-order chi connectivity index (χ0) is 15.7. The van der Waals surface area contributed by atoms with Gasteiger partial charge in [0.1, 0.15) is 0 Å². The molecule has 0 saturated carbocycles. The molecule has 8 heteroatoms. The fraction of sp³-hybridized carbons (Fsp3) is 0.538. The van der Waals surface area contributed by atoms with Crippen LogP contribution >= 0.6 is 0 Å². The van der Waals surface area contributed by atoms with Crippen molar-refractivity contribution in [2.75, 3.05) is 13.1 Å². The molecule has 1 aliphatic heterocycles. The van der Waals surface area contributed by atoms with Crippen molar-refractivity contribution in [3.63, 3.8) is 0 Å². The topological polar surface area (TPSA) is 63.4 Å². The molecule has 1 heterocycles. The van der Waals surface area contributed by atoms with Crippen LogP contribution < -0.4 is 5.14 Å².